The van der Waals surface area contributed by atoms with Gasteiger partial charge in [-0.15, -0.1) is 0 Å². The van der Waals surface area contributed by atoms with Gasteiger partial charge in [0.2, 0.25) is 11.8 Å². The zero-order valence-electron chi connectivity index (χ0n) is 12.8. The molecule has 2 saturated heterocycles. The molecule has 2 atom stereocenters. The van der Waals surface area contributed by atoms with Gasteiger partial charge in [0.05, 0.1) is 12.6 Å². The number of fused-ring (bicyclic) bond motifs is 1. The van der Waals surface area contributed by atoms with E-state index in [1.54, 1.807) is 0 Å². The molecular weight excluding hydrogens is 266 g/mol. The predicted octanol–water partition coefficient (Wildman–Crippen LogP) is 1.04. The SMILES string of the molecule is O=C1CN(C(=O)CCC2CCNCC2)C2CCCCC2N1. The monoisotopic (exact) mass is 293 g/mol. The van der Waals surface area contributed by atoms with Crippen molar-refractivity contribution in [1.82, 2.24) is 15.5 Å². The Labute approximate surface area is 126 Å². The van der Waals surface area contributed by atoms with E-state index >= 15 is 0 Å². The highest BCUT2D eigenvalue weighted by molar-refractivity contribution is 5.86. The Bertz CT molecular complexity index is 393. The van der Waals surface area contributed by atoms with E-state index in [9.17, 15) is 9.59 Å². The molecule has 2 N–H and O–H groups in total. The van der Waals surface area contributed by atoms with Crippen molar-refractivity contribution in [3.8, 4) is 0 Å². The molecule has 0 spiro atoms. The fraction of sp³-hybridized carbons (Fsp3) is 0.875. The molecule has 0 radical (unpaired) electrons. The summed E-state index contributed by atoms with van der Waals surface area (Å²) in [4.78, 5) is 26.3. The predicted molar refractivity (Wildman–Crippen MR) is 80.7 cm³/mol. The van der Waals surface area contributed by atoms with E-state index in [1.807, 2.05) is 4.90 Å². The molecule has 5 heteroatoms. The summed E-state index contributed by atoms with van der Waals surface area (Å²) in [6.45, 7) is 2.43. The first-order valence-electron chi connectivity index (χ1n) is 8.53. The average molecular weight is 293 g/mol. The van der Waals surface area contributed by atoms with E-state index in [-0.39, 0.29) is 30.4 Å². The van der Waals surface area contributed by atoms with Crippen LogP contribution in [0.25, 0.3) is 0 Å². The first-order valence-corrected chi connectivity index (χ1v) is 8.53. The van der Waals surface area contributed by atoms with Gasteiger partial charge in [-0.1, -0.05) is 12.8 Å². The molecule has 2 unspecified atom stereocenters. The number of amides is 2. The molecule has 1 aliphatic carbocycles. The maximum absolute atomic E-state index is 12.6. The lowest BCUT2D eigenvalue weighted by atomic mass is 9.87. The third-order valence-electron chi connectivity index (χ3n) is 5.34. The minimum atomic E-state index is 0.0216. The van der Waals surface area contributed by atoms with Gasteiger partial charge in [0, 0.05) is 12.5 Å². The van der Waals surface area contributed by atoms with Gasteiger partial charge < -0.3 is 15.5 Å². The normalized spacial score (nSPS) is 30.7. The smallest absolute Gasteiger partial charge is 0.239 e. The fourth-order valence-electron chi connectivity index (χ4n) is 4.09. The van der Waals surface area contributed by atoms with Crippen LogP contribution in [0.3, 0.4) is 0 Å². The third-order valence-corrected chi connectivity index (χ3v) is 5.34. The molecule has 3 aliphatic rings. The second kappa shape index (κ2) is 6.77. The van der Waals surface area contributed by atoms with Crippen LogP contribution in [-0.2, 0) is 9.59 Å². The van der Waals surface area contributed by atoms with E-state index in [1.165, 1.54) is 25.7 Å². The Kier molecular flexibility index (Phi) is 4.78. The van der Waals surface area contributed by atoms with Crippen LogP contribution in [0.1, 0.15) is 51.4 Å². The maximum atomic E-state index is 12.6. The third kappa shape index (κ3) is 3.57. The number of carbonyl (C=O) groups excluding carboxylic acids is 2. The van der Waals surface area contributed by atoms with Gasteiger partial charge >= 0.3 is 0 Å². The summed E-state index contributed by atoms with van der Waals surface area (Å²) in [6, 6.07) is 0.444. The van der Waals surface area contributed by atoms with E-state index < -0.39 is 0 Å². The summed E-state index contributed by atoms with van der Waals surface area (Å²) in [5.74, 6) is 0.893. The summed E-state index contributed by atoms with van der Waals surface area (Å²) >= 11 is 0. The van der Waals surface area contributed by atoms with Crippen LogP contribution in [0.15, 0.2) is 0 Å². The molecule has 0 bridgehead atoms. The van der Waals surface area contributed by atoms with Crippen LogP contribution in [0.4, 0.5) is 0 Å². The topological polar surface area (TPSA) is 61.4 Å². The minimum absolute atomic E-state index is 0.0216. The van der Waals surface area contributed by atoms with Crippen molar-refractivity contribution in [2.45, 2.75) is 63.5 Å². The summed E-state index contributed by atoms with van der Waals surface area (Å²) in [5.41, 5.74) is 0. The summed E-state index contributed by atoms with van der Waals surface area (Å²) in [7, 11) is 0. The number of piperazine rings is 1. The van der Waals surface area contributed by atoms with E-state index in [0.717, 1.165) is 32.4 Å². The number of carbonyl (C=O) groups is 2. The van der Waals surface area contributed by atoms with E-state index in [0.29, 0.717) is 12.3 Å². The average Bonchev–Trinajstić information content (AvgIpc) is 2.52. The van der Waals surface area contributed by atoms with Crippen molar-refractivity contribution < 1.29 is 9.59 Å². The largest absolute Gasteiger partial charge is 0.350 e. The van der Waals surface area contributed by atoms with Crippen LogP contribution in [-0.4, -0.2) is 48.4 Å². The van der Waals surface area contributed by atoms with Crippen molar-refractivity contribution in [3.05, 3.63) is 0 Å². The van der Waals surface area contributed by atoms with Crippen molar-refractivity contribution in [2.24, 2.45) is 5.92 Å². The zero-order valence-corrected chi connectivity index (χ0v) is 12.8. The molecule has 2 aliphatic heterocycles. The molecule has 0 aromatic carbocycles. The van der Waals surface area contributed by atoms with Gasteiger partial charge in [0.15, 0.2) is 0 Å². The Morgan fingerprint density at radius 2 is 1.90 bits per heavy atom. The van der Waals surface area contributed by atoms with Gasteiger partial charge in [0.25, 0.3) is 0 Å². The number of hydrogen-bond donors (Lipinski definition) is 2. The fourth-order valence-corrected chi connectivity index (χ4v) is 4.09. The number of nitrogens with one attached hydrogen (secondary N) is 2. The van der Waals surface area contributed by atoms with E-state index in [2.05, 4.69) is 10.6 Å². The minimum Gasteiger partial charge on any atom is -0.350 e. The molecule has 3 rings (SSSR count). The summed E-state index contributed by atoms with van der Waals surface area (Å²) in [5, 5.41) is 6.43. The summed E-state index contributed by atoms with van der Waals surface area (Å²) < 4.78 is 0. The van der Waals surface area contributed by atoms with Crippen molar-refractivity contribution in [2.75, 3.05) is 19.6 Å². The van der Waals surface area contributed by atoms with Gasteiger partial charge in [-0.3, -0.25) is 9.59 Å². The zero-order chi connectivity index (χ0) is 14.7. The Morgan fingerprint density at radius 3 is 2.71 bits per heavy atom. The quantitative estimate of drug-likeness (QED) is 0.817. The molecule has 5 nitrogen and oxygen atoms in total. The molecule has 2 amide bonds. The Balaban J connectivity index is 1.55. The molecule has 2 heterocycles. The molecule has 21 heavy (non-hydrogen) atoms. The van der Waals surface area contributed by atoms with Gasteiger partial charge in [-0.2, -0.15) is 0 Å². The number of nitrogens with zero attached hydrogens (tertiary/aromatic N) is 1. The van der Waals surface area contributed by atoms with Gasteiger partial charge in [-0.05, 0) is 51.1 Å². The molecule has 1 saturated carbocycles. The van der Waals surface area contributed by atoms with Gasteiger partial charge in [0.1, 0.15) is 0 Å². The van der Waals surface area contributed by atoms with Crippen LogP contribution in [0.2, 0.25) is 0 Å². The molecular formula is C16H27N3O2. The van der Waals surface area contributed by atoms with Crippen LogP contribution in [0.5, 0.6) is 0 Å². The Morgan fingerprint density at radius 1 is 1.14 bits per heavy atom. The first-order chi connectivity index (χ1) is 10.2. The number of rotatable bonds is 3. The van der Waals surface area contributed by atoms with Crippen molar-refractivity contribution in [3.63, 3.8) is 0 Å². The maximum Gasteiger partial charge on any atom is 0.239 e. The molecule has 118 valence electrons. The lowest BCUT2D eigenvalue weighted by Gasteiger charge is -2.44. The van der Waals surface area contributed by atoms with Crippen LogP contribution in [0, 0.1) is 5.92 Å². The van der Waals surface area contributed by atoms with Gasteiger partial charge in [-0.25, -0.2) is 0 Å². The van der Waals surface area contributed by atoms with E-state index in [4.69, 9.17) is 0 Å². The second-order valence-electron chi connectivity index (χ2n) is 6.78. The highest BCUT2D eigenvalue weighted by Crippen LogP contribution is 2.27. The molecule has 0 aromatic heterocycles. The highest BCUT2D eigenvalue weighted by Gasteiger charge is 2.38. The van der Waals surface area contributed by atoms with Crippen molar-refractivity contribution in [1.29, 1.82) is 0 Å². The Hall–Kier alpha value is -1.10. The van der Waals surface area contributed by atoms with Crippen LogP contribution >= 0.6 is 0 Å². The molecule has 3 fully saturated rings. The lowest BCUT2D eigenvalue weighted by Crippen LogP contribution is -2.62. The lowest BCUT2D eigenvalue weighted by molar-refractivity contribution is -0.144. The second-order valence-corrected chi connectivity index (χ2v) is 6.78. The molecule has 0 aromatic rings. The van der Waals surface area contributed by atoms with Crippen LogP contribution < -0.4 is 10.6 Å². The van der Waals surface area contributed by atoms with Crippen molar-refractivity contribution >= 4 is 11.8 Å². The summed E-state index contributed by atoms with van der Waals surface area (Å²) in [6.07, 6.45) is 8.36. The highest BCUT2D eigenvalue weighted by atomic mass is 16.2. The number of hydrogen-bond acceptors (Lipinski definition) is 3. The standard InChI is InChI=1S/C16H27N3O2/c20-15-11-19(14-4-2-1-3-13(14)18-15)16(21)6-5-12-7-9-17-10-8-12/h12-14,17H,1-11H2,(H,18,20). The first kappa shape index (κ1) is 14.8. The number of piperidine rings is 1.